The van der Waals surface area contributed by atoms with Gasteiger partial charge in [-0.3, -0.25) is 14.4 Å². The Bertz CT molecular complexity index is 982. The van der Waals surface area contributed by atoms with Gasteiger partial charge in [0.1, 0.15) is 11.5 Å². The minimum atomic E-state index is -0.156. The topological polar surface area (TPSA) is 100.0 Å². The number of anilines is 2. The van der Waals surface area contributed by atoms with Crippen molar-refractivity contribution in [1.82, 2.24) is 14.5 Å². The van der Waals surface area contributed by atoms with Gasteiger partial charge in [-0.25, -0.2) is 4.98 Å². The number of nitrogens with two attached hydrogens (primary N) is 1. The number of aliphatic imine (C=N–C) groups is 1. The molecule has 0 bridgehead atoms. The number of benzene rings is 1. The van der Waals surface area contributed by atoms with E-state index in [1.165, 1.54) is 36.9 Å². The Hall–Kier alpha value is -2.52. The Labute approximate surface area is 207 Å². The molecule has 0 atom stereocenters. The maximum Gasteiger partial charge on any atom is 0.277 e. The van der Waals surface area contributed by atoms with Gasteiger partial charge in [0.2, 0.25) is 0 Å². The van der Waals surface area contributed by atoms with Crippen molar-refractivity contribution < 1.29 is 5.11 Å². The first-order valence-corrected chi connectivity index (χ1v) is 13.1. The third kappa shape index (κ3) is 7.24. The Morgan fingerprint density at radius 1 is 1.12 bits per heavy atom. The first-order chi connectivity index (χ1) is 16.4. The molecule has 1 aromatic carbocycles. The molecule has 34 heavy (non-hydrogen) atoms. The number of rotatable bonds is 4. The molecule has 2 aliphatic rings. The van der Waals surface area contributed by atoms with Gasteiger partial charge >= 0.3 is 0 Å². The number of thioether (sulfide) groups is 1. The number of aryl methyl sites for hydroxylation is 1. The lowest BCUT2D eigenvalue weighted by Gasteiger charge is -2.15. The van der Waals surface area contributed by atoms with Crippen LogP contribution in [-0.2, 0) is 13.0 Å². The Morgan fingerprint density at radius 3 is 2.21 bits per heavy atom. The summed E-state index contributed by atoms with van der Waals surface area (Å²) in [6, 6.07) is 8.00. The van der Waals surface area contributed by atoms with Crippen LogP contribution < -0.4 is 16.2 Å². The molecule has 8 nitrogen and oxygen atoms in total. The molecule has 1 saturated heterocycles. The molecule has 0 radical (unpaired) electrons. The van der Waals surface area contributed by atoms with Crippen LogP contribution in [-0.4, -0.2) is 70.8 Å². The third-order valence-corrected chi connectivity index (χ3v) is 6.55. The van der Waals surface area contributed by atoms with Crippen LogP contribution in [0.1, 0.15) is 39.3 Å². The van der Waals surface area contributed by atoms with E-state index in [0.29, 0.717) is 24.5 Å². The highest BCUT2D eigenvalue weighted by Gasteiger charge is 2.18. The van der Waals surface area contributed by atoms with Crippen molar-refractivity contribution >= 4 is 28.3 Å². The first-order valence-electron chi connectivity index (χ1n) is 12.1. The molecular weight excluding hydrogens is 448 g/mol. The van der Waals surface area contributed by atoms with Gasteiger partial charge < -0.3 is 20.6 Å². The van der Waals surface area contributed by atoms with Gasteiger partial charge in [-0.15, -0.1) is 0 Å². The molecule has 2 aromatic rings. The zero-order valence-corrected chi connectivity index (χ0v) is 22.1. The van der Waals surface area contributed by atoms with Gasteiger partial charge in [0.05, 0.1) is 12.2 Å². The lowest BCUT2D eigenvalue weighted by Crippen LogP contribution is -2.27. The van der Waals surface area contributed by atoms with Crippen molar-refractivity contribution in [3.63, 3.8) is 0 Å². The average Bonchev–Trinajstić information content (AvgIpc) is 3.56. The van der Waals surface area contributed by atoms with Crippen LogP contribution in [0.3, 0.4) is 0 Å². The van der Waals surface area contributed by atoms with Crippen molar-refractivity contribution in [2.45, 2.75) is 46.6 Å². The average molecular weight is 489 g/mol. The normalized spacial score (nSPS) is 14.6. The molecule has 0 saturated carbocycles. The Morgan fingerprint density at radius 2 is 1.74 bits per heavy atom. The van der Waals surface area contributed by atoms with Crippen LogP contribution in [0.2, 0.25) is 0 Å². The predicted octanol–water partition coefficient (Wildman–Crippen LogP) is 3.32. The van der Waals surface area contributed by atoms with Crippen LogP contribution in [0.5, 0.6) is 0 Å². The zero-order chi connectivity index (χ0) is 25.1. The lowest BCUT2D eigenvalue weighted by molar-refractivity contribution is 0.318. The van der Waals surface area contributed by atoms with E-state index in [2.05, 4.69) is 14.9 Å². The molecule has 9 heteroatoms. The van der Waals surface area contributed by atoms with Gasteiger partial charge in [0.25, 0.3) is 5.56 Å². The van der Waals surface area contributed by atoms with Crippen LogP contribution in [0.25, 0.3) is 11.4 Å². The Kier molecular flexibility index (Phi) is 11.4. The highest BCUT2D eigenvalue weighted by atomic mass is 32.2. The van der Waals surface area contributed by atoms with E-state index < -0.39 is 0 Å². The smallest absolute Gasteiger partial charge is 0.277 e. The van der Waals surface area contributed by atoms with Crippen LogP contribution in [0.15, 0.2) is 34.1 Å². The largest absolute Gasteiger partial charge is 0.397 e. The standard InChI is InChI=1S/C16H22N4O.C7H12N2S.C2H6O/c1-5-13-14(17)16(21)20(6-2)15(18-13)11-7-9-12(10-8-11)19(3)4;1-2-5-9(4-1)7-8-3-6-10-7;1-2-3/h7-10H,5-6,17H2,1-4H3;1-6H2;3H,2H2,1H3. The van der Waals surface area contributed by atoms with E-state index >= 15 is 0 Å². The molecule has 0 spiro atoms. The van der Waals surface area contributed by atoms with Gasteiger partial charge in [0, 0.05) is 57.3 Å². The monoisotopic (exact) mass is 488 g/mol. The second kappa shape index (κ2) is 14.0. The van der Waals surface area contributed by atoms with Crippen LogP contribution in [0, 0.1) is 0 Å². The number of hydrogen-bond donors (Lipinski definition) is 2. The van der Waals surface area contributed by atoms with E-state index in [1.807, 2.05) is 68.9 Å². The molecule has 0 aliphatic carbocycles. The fourth-order valence-corrected chi connectivity index (χ4v) is 4.64. The van der Waals surface area contributed by atoms with Gasteiger partial charge in [-0.2, -0.15) is 0 Å². The fraction of sp³-hybridized carbons (Fsp3) is 0.560. The van der Waals surface area contributed by atoms with Gasteiger partial charge in [-0.05, 0) is 57.4 Å². The summed E-state index contributed by atoms with van der Waals surface area (Å²) < 4.78 is 1.62. The molecule has 3 heterocycles. The lowest BCUT2D eigenvalue weighted by atomic mass is 10.1. The summed E-state index contributed by atoms with van der Waals surface area (Å²) in [7, 11) is 3.99. The molecule has 188 valence electrons. The van der Waals surface area contributed by atoms with E-state index in [0.717, 1.165) is 17.8 Å². The van der Waals surface area contributed by atoms with Gasteiger partial charge in [-0.1, -0.05) is 18.7 Å². The van der Waals surface area contributed by atoms with Crippen molar-refractivity contribution in [1.29, 1.82) is 0 Å². The number of hydrogen-bond acceptors (Lipinski definition) is 8. The second-order valence-corrected chi connectivity index (χ2v) is 9.23. The maximum absolute atomic E-state index is 12.3. The summed E-state index contributed by atoms with van der Waals surface area (Å²) in [5.74, 6) is 1.88. The summed E-state index contributed by atoms with van der Waals surface area (Å²) in [5, 5.41) is 8.87. The molecular formula is C25H40N6O2S. The zero-order valence-electron chi connectivity index (χ0n) is 21.3. The highest BCUT2D eigenvalue weighted by molar-refractivity contribution is 8.14. The number of aliphatic hydroxyl groups is 1. The van der Waals surface area contributed by atoms with Crippen molar-refractivity contribution in [3.05, 3.63) is 40.3 Å². The summed E-state index contributed by atoms with van der Waals surface area (Å²) >= 11 is 1.92. The van der Waals surface area contributed by atoms with Crippen LogP contribution in [0.4, 0.5) is 11.4 Å². The number of nitrogen functional groups attached to an aromatic ring is 1. The summed E-state index contributed by atoms with van der Waals surface area (Å²) in [6.07, 6.45) is 3.37. The number of aromatic nitrogens is 2. The molecule has 1 aromatic heterocycles. The number of aliphatic hydroxyl groups excluding tert-OH is 1. The summed E-state index contributed by atoms with van der Waals surface area (Å²) in [4.78, 5) is 25.8. The van der Waals surface area contributed by atoms with E-state index in [1.54, 1.807) is 11.5 Å². The van der Waals surface area contributed by atoms with E-state index in [-0.39, 0.29) is 17.9 Å². The van der Waals surface area contributed by atoms with Crippen LogP contribution >= 0.6 is 11.8 Å². The van der Waals surface area contributed by atoms with Crippen molar-refractivity contribution in [2.75, 3.05) is 56.7 Å². The second-order valence-electron chi connectivity index (χ2n) is 8.16. The molecule has 3 N–H and O–H groups in total. The van der Waals surface area contributed by atoms with E-state index in [4.69, 9.17) is 10.8 Å². The first kappa shape index (κ1) is 27.7. The predicted molar refractivity (Wildman–Crippen MR) is 146 cm³/mol. The van der Waals surface area contributed by atoms with E-state index in [9.17, 15) is 4.79 Å². The minimum Gasteiger partial charge on any atom is -0.397 e. The number of amidine groups is 1. The highest BCUT2D eigenvalue weighted by Crippen LogP contribution is 2.22. The summed E-state index contributed by atoms with van der Waals surface area (Å²) in [5.41, 5.74) is 8.67. The molecule has 1 fully saturated rings. The minimum absolute atomic E-state index is 0.156. The molecule has 0 unspecified atom stereocenters. The molecule has 0 amide bonds. The maximum atomic E-state index is 12.3. The SMILES string of the molecule is C1CCN(C2=NCCS2)C1.CCO.CCc1nc(-c2ccc(N(C)C)cc2)n(CC)c(=O)c1N. The quantitative estimate of drug-likeness (QED) is 0.681. The summed E-state index contributed by atoms with van der Waals surface area (Å²) in [6.45, 7) is 9.87. The molecule has 2 aliphatic heterocycles. The van der Waals surface area contributed by atoms with Gasteiger partial charge in [0.15, 0.2) is 5.17 Å². The third-order valence-electron chi connectivity index (χ3n) is 5.52. The van der Waals surface area contributed by atoms with Crippen molar-refractivity contribution in [3.8, 4) is 11.4 Å². The number of likely N-dealkylation sites (tertiary alicyclic amines) is 1. The Balaban J connectivity index is 0.000000258. The van der Waals surface area contributed by atoms with Crippen molar-refractivity contribution in [2.24, 2.45) is 4.99 Å². The molecule has 4 rings (SSSR count). The number of nitrogens with zero attached hydrogens (tertiary/aromatic N) is 5. The fourth-order valence-electron chi connectivity index (χ4n) is 3.73.